The fourth-order valence-corrected chi connectivity index (χ4v) is 1.32. The Morgan fingerprint density at radius 2 is 2.20 bits per heavy atom. The Morgan fingerprint density at radius 1 is 1.47 bits per heavy atom. The lowest BCUT2D eigenvalue weighted by Gasteiger charge is -2.02. The van der Waals surface area contributed by atoms with Crippen LogP contribution in [0.1, 0.15) is 19.8 Å². The zero-order valence-corrected chi connectivity index (χ0v) is 9.77. The summed E-state index contributed by atoms with van der Waals surface area (Å²) in [4.78, 5) is 0. The molecule has 1 heterocycles. The van der Waals surface area contributed by atoms with E-state index < -0.39 is 6.10 Å². The summed E-state index contributed by atoms with van der Waals surface area (Å²) in [6.45, 7) is 3.44. The number of hydrogen-bond donors (Lipinski definition) is 2. The highest BCUT2D eigenvalue weighted by Crippen LogP contribution is 1.93. The van der Waals surface area contributed by atoms with Gasteiger partial charge in [0.2, 0.25) is 6.33 Å². The van der Waals surface area contributed by atoms with Gasteiger partial charge in [0, 0.05) is 0 Å². The number of rotatable bonds is 6. The molecule has 2 N–H and O–H groups in total. The van der Waals surface area contributed by atoms with E-state index in [0.29, 0.717) is 6.54 Å². The second kappa shape index (κ2) is 7.68. The van der Waals surface area contributed by atoms with Crippen LogP contribution in [0.15, 0.2) is 18.7 Å². The van der Waals surface area contributed by atoms with Crippen LogP contribution in [0.4, 0.5) is 0 Å². The molecular weight excluding hydrogens is 216 g/mol. The molecule has 88 valence electrons. The van der Waals surface area contributed by atoms with Crippen molar-refractivity contribution >= 4 is 0 Å². The molecule has 1 aromatic heterocycles. The Hall–Kier alpha value is -0.580. The van der Waals surface area contributed by atoms with E-state index in [1.54, 1.807) is 0 Å². The minimum atomic E-state index is -0.665. The van der Waals surface area contributed by atoms with E-state index in [4.69, 9.17) is 5.11 Å². The van der Waals surface area contributed by atoms with Crippen LogP contribution in [0.3, 0.4) is 0 Å². The largest absolute Gasteiger partial charge is 1.00 e. The van der Waals surface area contributed by atoms with Crippen LogP contribution >= 0.6 is 0 Å². The lowest BCUT2D eigenvalue weighted by atomic mass is 10.3. The monoisotopic (exact) mass is 234 g/mol. The summed E-state index contributed by atoms with van der Waals surface area (Å²) in [6.07, 6.45) is 7.53. The summed E-state index contributed by atoms with van der Waals surface area (Å²) in [5, 5.41) is 17.9. The number of unbranched alkanes of at least 4 members (excludes halogenated alkanes) is 1. The number of halogens is 1. The number of nitrogens with zero attached hydrogens (tertiary/aromatic N) is 2. The predicted molar refractivity (Wildman–Crippen MR) is 52.6 cm³/mol. The molecule has 5 heteroatoms. The minimum Gasteiger partial charge on any atom is -1.00 e. The van der Waals surface area contributed by atoms with Crippen molar-refractivity contribution in [1.82, 2.24) is 4.57 Å². The second-order valence-electron chi connectivity index (χ2n) is 3.54. The standard InChI is InChI=1S/C10H19N2O2.ClH/c1-2-3-4-11-5-6-12(9-11)7-10(14)8-13;/h5-6,9-10,13-14H,2-4,7-8H2,1H3;1H/q+1;/p-1. The van der Waals surface area contributed by atoms with Gasteiger partial charge in [-0.2, -0.15) is 0 Å². The Balaban J connectivity index is 0.00000196. The van der Waals surface area contributed by atoms with E-state index in [-0.39, 0.29) is 19.0 Å². The summed E-state index contributed by atoms with van der Waals surface area (Å²) in [5.41, 5.74) is 0. The smallest absolute Gasteiger partial charge is 0.243 e. The third-order valence-electron chi connectivity index (χ3n) is 2.15. The van der Waals surface area contributed by atoms with Crippen molar-refractivity contribution in [2.24, 2.45) is 0 Å². The van der Waals surface area contributed by atoms with E-state index in [2.05, 4.69) is 11.5 Å². The fraction of sp³-hybridized carbons (Fsp3) is 0.700. The van der Waals surface area contributed by atoms with Crippen molar-refractivity contribution in [2.75, 3.05) is 6.61 Å². The van der Waals surface area contributed by atoms with Gasteiger partial charge in [-0.1, -0.05) is 13.3 Å². The molecule has 1 rings (SSSR count). The zero-order valence-electron chi connectivity index (χ0n) is 9.01. The summed E-state index contributed by atoms with van der Waals surface area (Å²) in [5.74, 6) is 0. The summed E-state index contributed by atoms with van der Waals surface area (Å²) in [7, 11) is 0. The van der Waals surface area contributed by atoms with Crippen molar-refractivity contribution < 1.29 is 27.2 Å². The van der Waals surface area contributed by atoms with E-state index in [0.717, 1.165) is 13.0 Å². The lowest BCUT2D eigenvalue weighted by molar-refractivity contribution is -0.703. The molecule has 0 saturated heterocycles. The first kappa shape index (κ1) is 14.4. The topological polar surface area (TPSA) is 49.3 Å². The average Bonchev–Trinajstić information content (AvgIpc) is 2.62. The van der Waals surface area contributed by atoms with Gasteiger partial charge in [0.25, 0.3) is 0 Å². The third-order valence-corrected chi connectivity index (χ3v) is 2.15. The van der Waals surface area contributed by atoms with Gasteiger partial charge in [0.1, 0.15) is 25.0 Å². The SMILES string of the molecule is CCCCn1cc[n+](CC(O)CO)c1.[Cl-]. The minimum absolute atomic E-state index is 0. The summed E-state index contributed by atoms with van der Waals surface area (Å²) < 4.78 is 3.98. The van der Waals surface area contributed by atoms with Crippen molar-refractivity contribution in [3.8, 4) is 0 Å². The number of imidazole rings is 1. The maximum absolute atomic E-state index is 9.22. The number of aryl methyl sites for hydroxylation is 1. The van der Waals surface area contributed by atoms with Gasteiger partial charge < -0.3 is 22.6 Å². The molecule has 0 aromatic carbocycles. The highest BCUT2D eigenvalue weighted by atomic mass is 35.5. The summed E-state index contributed by atoms with van der Waals surface area (Å²) in [6, 6.07) is 0. The van der Waals surface area contributed by atoms with Crippen LogP contribution in [0.2, 0.25) is 0 Å². The van der Waals surface area contributed by atoms with Crippen LogP contribution in [-0.2, 0) is 13.1 Å². The van der Waals surface area contributed by atoms with Crippen molar-refractivity contribution in [3.63, 3.8) is 0 Å². The van der Waals surface area contributed by atoms with Crippen LogP contribution < -0.4 is 17.0 Å². The third kappa shape index (κ3) is 5.16. The highest BCUT2D eigenvalue weighted by Gasteiger charge is 2.08. The number of aliphatic hydroxyl groups is 2. The molecule has 4 nitrogen and oxygen atoms in total. The van der Waals surface area contributed by atoms with Gasteiger partial charge in [0.05, 0.1) is 13.2 Å². The molecule has 1 unspecified atom stereocenters. The number of aromatic nitrogens is 2. The Labute approximate surface area is 96.6 Å². The molecule has 0 amide bonds. The van der Waals surface area contributed by atoms with Crippen molar-refractivity contribution in [2.45, 2.75) is 39.0 Å². The average molecular weight is 235 g/mol. The van der Waals surface area contributed by atoms with Crippen LogP contribution in [0.5, 0.6) is 0 Å². The van der Waals surface area contributed by atoms with Crippen molar-refractivity contribution in [1.29, 1.82) is 0 Å². The number of hydrogen-bond acceptors (Lipinski definition) is 2. The Morgan fingerprint density at radius 3 is 2.80 bits per heavy atom. The molecule has 0 aliphatic carbocycles. The van der Waals surface area contributed by atoms with E-state index in [1.165, 1.54) is 6.42 Å². The molecule has 0 fully saturated rings. The van der Waals surface area contributed by atoms with Gasteiger partial charge in [0.15, 0.2) is 0 Å². The van der Waals surface area contributed by atoms with Crippen molar-refractivity contribution in [3.05, 3.63) is 18.7 Å². The lowest BCUT2D eigenvalue weighted by Crippen LogP contribution is -3.00. The highest BCUT2D eigenvalue weighted by molar-refractivity contribution is 4.66. The Kier molecular flexibility index (Phi) is 7.38. The normalized spacial score (nSPS) is 12.2. The number of aliphatic hydroxyl groups excluding tert-OH is 2. The van der Waals surface area contributed by atoms with Gasteiger partial charge in [-0.3, -0.25) is 0 Å². The van der Waals surface area contributed by atoms with Gasteiger partial charge in [-0.25, -0.2) is 9.13 Å². The van der Waals surface area contributed by atoms with Crippen LogP contribution in [0.25, 0.3) is 0 Å². The molecule has 0 saturated carbocycles. The first-order chi connectivity index (χ1) is 6.76. The van der Waals surface area contributed by atoms with Gasteiger partial charge in [-0.05, 0) is 6.42 Å². The fourth-order valence-electron chi connectivity index (χ4n) is 1.32. The molecule has 15 heavy (non-hydrogen) atoms. The molecule has 0 radical (unpaired) electrons. The molecule has 0 aliphatic heterocycles. The first-order valence-electron chi connectivity index (χ1n) is 5.10. The van der Waals surface area contributed by atoms with E-state index in [1.807, 2.05) is 23.3 Å². The zero-order chi connectivity index (χ0) is 10.4. The molecule has 0 bridgehead atoms. The maximum atomic E-state index is 9.22. The molecule has 0 aliphatic rings. The van der Waals surface area contributed by atoms with Crippen LogP contribution in [-0.4, -0.2) is 27.5 Å². The maximum Gasteiger partial charge on any atom is 0.243 e. The molecule has 1 aromatic rings. The molecular formula is C10H19ClN2O2. The Bertz CT molecular complexity index is 266. The second-order valence-corrected chi connectivity index (χ2v) is 3.54. The molecule has 0 spiro atoms. The van der Waals surface area contributed by atoms with E-state index >= 15 is 0 Å². The quantitative estimate of drug-likeness (QED) is 0.514. The van der Waals surface area contributed by atoms with Gasteiger partial charge in [-0.15, -0.1) is 0 Å². The molecule has 1 atom stereocenters. The van der Waals surface area contributed by atoms with Gasteiger partial charge >= 0.3 is 0 Å². The van der Waals surface area contributed by atoms with E-state index in [9.17, 15) is 5.11 Å². The summed E-state index contributed by atoms with van der Waals surface area (Å²) >= 11 is 0. The van der Waals surface area contributed by atoms with Crippen LogP contribution in [0, 0.1) is 0 Å². The first-order valence-corrected chi connectivity index (χ1v) is 5.10. The predicted octanol–water partition coefficient (Wildman–Crippen LogP) is -3.07.